The first kappa shape index (κ1) is 13.7. The summed E-state index contributed by atoms with van der Waals surface area (Å²) in [6.07, 6.45) is 0. The predicted molar refractivity (Wildman–Crippen MR) is 73.0 cm³/mol. The van der Waals surface area contributed by atoms with Crippen molar-refractivity contribution in [2.45, 2.75) is 6.54 Å². The third-order valence-electron chi connectivity index (χ3n) is 2.71. The number of hydrogen-bond donors (Lipinski definition) is 1. The number of phenolic OH excluding ortho intramolecular Hbond substituents is 1. The second-order valence-corrected chi connectivity index (χ2v) is 5.17. The van der Waals surface area contributed by atoms with Crippen LogP contribution in [0.2, 0.25) is 0 Å². The fourth-order valence-corrected chi connectivity index (χ4v) is 2.47. The van der Waals surface area contributed by atoms with Crippen LogP contribution in [0.15, 0.2) is 35.0 Å². The summed E-state index contributed by atoms with van der Waals surface area (Å²) in [5.41, 5.74) is 1.15. The molecular weight excluding hydrogens is 265 g/mol. The zero-order valence-electron chi connectivity index (χ0n) is 10.5. The van der Waals surface area contributed by atoms with Crippen molar-refractivity contribution in [3.8, 4) is 5.75 Å². The minimum atomic E-state index is -0.526. The van der Waals surface area contributed by atoms with Gasteiger partial charge in [-0.3, -0.25) is 9.69 Å². The van der Waals surface area contributed by atoms with Crippen LogP contribution in [-0.4, -0.2) is 29.4 Å². The van der Waals surface area contributed by atoms with Crippen molar-refractivity contribution in [1.82, 2.24) is 4.90 Å². The van der Waals surface area contributed by atoms with Gasteiger partial charge in [-0.1, -0.05) is 0 Å². The number of ketones is 1. The lowest BCUT2D eigenvalue weighted by atomic mass is 10.1. The van der Waals surface area contributed by atoms with Gasteiger partial charge >= 0.3 is 0 Å². The van der Waals surface area contributed by atoms with Crippen LogP contribution in [0.25, 0.3) is 0 Å². The molecule has 0 aliphatic heterocycles. The first-order valence-corrected chi connectivity index (χ1v) is 6.72. The smallest absolute Gasteiger partial charge is 0.180 e. The van der Waals surface area contributed by atoms with Crippen LogP contribution in [0.1, 0.15) is 15.9 Å². The number of nitrogens with zero attached hydrogens (tertiary/aromatic N) is 1. The normalized spacial score (nSPS) is 10.9. The molecule has 0 atom stereocenters. The maximum absolute atomic E-state index is 13.1. The molecule has 19 heavy (non-hydrogen) atoms. The highest BCUT2D eigenvalue weighted by Crippen LogP contribution is 2.19. The van der Waals surface area contributed by atoms with Crippen LogP contribution < -0.4 is 0 Å². The molecule has 2 aromatic rings. The summed E-state index contributed by atoms with van der Waals surface area (Å²) in [7, 11) is 1.81. The predicted octanol–water partition coefficient (Wildman–Crippen LogP) is 2.91. The number of likely N-dealkylation sites (N-methyl/N-ethyl adjacent to an activating group) is 1. The lowest BCUT2D eigenvalue weighted by Crippen LogP contribution is -2.25. The summed E-state index contributed by atoms with van der Waals surface area (Å²) in [5, 5.41) is 13.6. The lowest BCUT2D eigenvalue weighted by molar-refractivity contribution is 0.0940. The fraction of sp³-hybridized carbons (Fsp3) is 0.214. The van der Waals surface area contributed by atoms with Gasteiger partial charge in [0.2, 0.25) is 0 Å². The van der Waals surface area contributed by atoms with Gasteiger partial charge in [-0.25, -0.2) is 4.39 Å². The van der Waals surface area contributed by atoms with Crippen molar-refractivity contribution in [2.24, 2.45) is 0 Å². The monoisotopic (exact) mass is 279 g/mol. The number of halogens is 1. The van der Waals surface area contributed by atoms with Crippen molar-refractivity contribution < 1.29 is 14.3 Å². The second-order valence-electron chi connectivity index (χ2n) is 4.39. The fourth-order valence-electron chi connectivity index (χ4n) is 1.81. The van der Waals surface area contributed by atoms with Gasteiger partial charge in [0.1, 0.15) is 11.6 Å². The van der Waals surface area contributed by atoms with Crippen molar-refractivity contribution in [1.29, 1.82) is 0 Å². The van der Waals surface area contributed by atoms with Crippen LogP contribution in [-0.2, 0) is 6.54 Å². The average Bonchev–Trinajstić information content (AvgIpc) is 2.84. The number of thiophene rings is 1. The van der Waals surface area contributed by atoms with E-state index in [1.165, 1.54) is 6.07 Å². The molecule has 0 bridgehead atoms. The Morgan fingerprint density at radius 3 is 2.89 bits per heavy atom. The van der Waals surface area contributed by atoms with Gasteiger partial charge in [-0.15, -0.1) is 0 Å². The molecule has 0 aliphatic rings. The quantitative estimate of drug-likeness (QED) is 0.856. The summed E-state index contributed by atoms with van der Waals surface area (Å²) >= 11 is 1.60. The van der Waals surface area contributed by atoms with Crippen molar-refractivity contribution in [3.05, 3.63) is 52.0 Å². The zero-order valence-corrected chi connectivity index (χ0v) is 11.3. The van der Waals surface area contributed by atoms with Gasteiger partial charge in [-0.05, 0) is 47.6 Å². The van der Waals surface area contributed by atoms with Crippen LogP contribution in [0.5, 0.6) is 5.75 Å². The molecule has 0 radical (unpaired) electrons. The summed E-state index contributed by atoms with van der Waals surface area (Å²) < 4.78 is 13.1. The largest absolute Gasteiger partial charge is 0.507 e. The van der Waals surface area contributed by atoms with E-state index in [1.54, 1.807) is 11.3 Å². The van der Waals surface area contributed by atoms with Crippen molar-refractivity contribution in [3.63, 3.8) is 0 Å². The van der Waals surface area contributed by atoms with E-state index >= 15 is 0 Å². The van der Waals surface area contributed by atoms with E-state index in [0.717, 1.165) is 17.7 Å². The molecule has 0 saturated carbocycles. The molecule has 0 saturated heterocycles. The molecule has 0 spiro atoms. The van der Waals surface area contributed by atoms with Crippen LogP contribution >= 0.6 is 11.3 Å². The van der Waals surface area contributed by atoms with Gasteiger partial charge in [0, 0.05) is 6.54 Å². The molecule has 0 amide bonds. The van der Waals surface area contributed by atoms with E-state index in [1.807, 2.05) is 28.8 Å². The molecule has 1 heterocycles. The number of aromatic hydroxyl groups is 1. The third kappa shape index (κ3) is 3.62. The summed E-state index contributed by atoms with van der Waals surface area (Å²) in [6, 6.07) is 5.38. The molecule has 100 valence electrons. The number of phenols is 1. The molecule has 5 heteroatoms. The Labute approximate surface area is 114 Å². The molecule has 1 aromatic heterocycles. The summed E-state index contributed by atoms with van der Waals surface area (Å²) in [4.78, 5) is 13.8. The zero-order chi connectivity index (χ0) is 13.8. The number of Topliss-reactive ketones (excluding diaryl/α,β-unsaturated/α-hetero) is 1. The Balaban J connectivity index is 2.02. The Morgan fingerprint density at radius 2 is 2.21 bits per heavy atom. The minimum absolute atomic E-state index is 0.0252. The van der Waals surface area contributed by atoms with Crippen molar-refractivity contribution in [2.75, 3.05) is 13.6 Å². The molecule has 3 nitrogen and oxygen atoms in total. The SMILES string of the molecule is CN(CC(=O)c1cc(F)ccc1O)Cc1ccsc1. The van der Waals surface area contributed by atoms with Gasteiger partial charge in [0.25, 0.3) is 0 Å². The van der Waals surface area contributed by atoms with Gasteiger partial charge in [-0.2, -0.15) is 11.3 Å². The van der Waals surface area contributed by atoms with E-state index in [9.17, 15) is 14.3 Å². The van der Waals surface area contributed by atoms with Crippen molar-refractivity contribution >= 4 is 17.1 Å². The minimum Gasteiger partial charge on any atom is -0.507 e. The van der Waals surface area contributed by atoms with Gasteiger partial charge < -0.3 is 5.11 Å². The molecule has 2 rings (SSSR count). The summed E-state index contributed by atoms with van der Waals surface area (Å²) in [6.45, 7) is 0.776. The van der Waals surface area contributed by atoms with E-state index < -0.39 is 5.82 Å². The molecule has 0 unspecified atom stereocenters. The highest BCUT2D eigenvalue weighted by atomic mass is 32.1. The van der Waals surface area contributed by atoms with E-state index in [0.29, 0.717) is 6.54 Å². The summed E-state index contributed by atoms with van der Waals surface area (Å²) in [5.74, 6) is -1.01. The highest BCUT2D eigenvalue weighted by Gasteiger charge is 2.14. The second kappa shape index (κ2) is 5.95. The molecule has 1 aromatic carbocycles. The molecule has 0 aliphatic carbocycles. The maximum atomic E-state index is 13.1. The molecule has 1 N–H and O–H groups in total. The number of rotatable bonds is 5. The maximum Gasteiger partial charge on any atom is 0.180 e. The third-order valence-corrected chi connectivity index (χ3v) is 3.44. The average molecular weight is 279 g/mol. The number of benzene rings is 1. The van der Waals surface area contributed by atoms with E-state index in [-0.39, 0.29) is 23.6 Å². The number of carbonyl (C=O) groups excluding carboxylic acids is 1. The van der Waals surface area contributed by atoms with Gasteiger partial charge in [0.15, 0.2) is 5.78 Å². The topological polar surface area (TPSA) is 40.5 Å². The highest BCUT2D eigenvalue weighted by molar-refractivity contribution is 7.07. The van der Waals surface area contributed by atoms with E-state index in [4.69, 9.17) is 0 Å². The van der Waals surface area contributed by atoms with Crippen LogP contribution in [0, 0.1) is 5.82 Å². The Morgan fingerprint density at radius 1 is 1.42 bits per heavy atom. The first-order valence-electron chi connectivity index (χ1n) is 5.77. The molecular formula is C14H14FNO2S. The standard InChI is InChI=1S/C14H14FNO2S/c1-16(7-10-4-5-19-9-10)8-14(18)12-6-11(15)2-3-13(12)17/h2-6,9,17H,7-8H2,1H3. The van der Waals surface area contributed by atoms with Crippen LogP contribution in [0.4, 0.5) is 4.39 Å². The van der Waals surface area contributed by atoms with E-state index in [2.05, 4.69) is 0 Å². The first-order chi connectivity index (χ1) is 9.06. The Bertz CT molecular complexity index is 569. The Hall–Kier alpha value is -1.72. The van der Waals surface area contributed by atoms with Gasteiger partial charge in [0.05, 0.1) is 12.1 Å². The van der Waals surface area contributed by atoms with Crippen LogP contribution in [0.3, 0.4) is 0 Å². The number of hydrogen-bond acceptors (Lipinski definition) is 4. The molecule has 0 fully saturated rings. The Kier molecular flexibility index (Phi) is 4.29. The lowest BCUT2D eigenvalue weighted by Gasteiger charge is -2.15. The number of carbonyl (C=O) groups is 1.